The second-order valence-corrected chi connectivity index (χ2v) is 14.1. The molecule has 0 spiro atoms. The Balaban J connectivity index is 1.09. The zero-order valence-electron chi connectivity index (χ0n) is 29.8. The van der Waals surface area contributed by atoms with Crippen molar-refractivity contribution in [2.45, 2.75) is 0 Å². The summed E-state index contributed by atoms with van der Waals surface area (Å²) in [5, 5.41) is 8.61. The summed E-state index contributed by atoms with van der Waals surface area (Å²) in [6, 6.07) is 68.7. The van der Waals surface area contributed by atoms with Gasteiger partial charge in [0.2, 0.25) is 0 Å². The Morgan fingerprint density at radius 2 is 0.836 bits per heavy atom. The first-order valence-corrected chi connectivity index (χ1v) is 18.7. The predicted octanol–water partition coefficient (Wildman–Crippen LogP) is 14.2. The van der Waals surface area contributed by atoms with Crippen molar-refractivity contribution >= 4 is 54.4 Å². The molecule has 0 amide bonds. The summed E-state index contributed by atoms with van der Waals surface area (Å²) >= 11 is 0. The van der Waals surface area contributed by atoms with E-state index in [1.807, 2.05) is 30.3 Å². The Morgan fingerprint density at radius 3 is 1.55 bits per heavy atom. The molecule has 11 rings (SSSR count). The largest absolute Gasteiger partial charge is 0.452 e. The summed E-state index contributed by atoms with van der Waals surface area (Å²) in [6.45, 7) is 0. The second-order valence-electron chi connectivity index (χ2n) is 14.1. The molecule has 55 heavy (non-hydrogen) atoms. The van der Waals surface area contributed by atoms with E-state index in [1.54, 1.807) is 0 Å². The van der Waals surface area contributed by atoms with Crippen LogP contribution in [-0.2, 0) is 0 Å². The molecule has 3 heteroatoms. The van der Waals surface area contributed by atoms with Gasteiger partial charge in [0.05, 0.1) is 5.39 Å². The maximum atomic E-state index is 6.72. The molecule has 3 nitrogen and oxygen atoms in total. The fraction of sp³-hybridized carbons (Fsp3) is 0. The highest BCUT2D eigenvalue weighted by Gasteiger charge is 2.21. The molecule has 0 unspecified atom stereocenters. The summed E-state index contributed by atoms with van der Waals surface area (Å²) in [6.07, 6.45) is 0. The minimum atomic E-state index is 0.664. The second kappa shape index (κ2) is 12.6. The van der Waals surface area contributed by atoms with Gasteiger partial charge in [0.25, 0.3) is 0 Å². The van der Waals surface area contributed by atoms with Crippen LogP contribution in [0.15, 0.2) is 199 Å². The van der Waals surface area contributed by atoms with Gasteiger partial charge in [-0.25, -0.2) is 9.97 Å². The lowest BCUT2D eigenvalue weighted by Crippen LogP contribution is -1.94. The van der Waals surface area contributed by atoms with E-state index >= 15 is 0 Å². The number of nitrogens with zero attached hydrogens (tertiary/aromatic N) is 2. The molecule has 2 heterocycles. The molecule has 0 saturated carbocycles. The molecule has 0 aliphatic rings. The molecular formula is C52H32N2O. The normalized spacial score (nSPS) is 11.6. The Labute approximate surface area is 317 Å². The van der Waals surface area contributed by atoms with E-state index in [2.05, 4.69) is 164 Å². The van der Waals surface area contributed by atoms with Crippen LogP contribution >= 0.6 is 0 Å². The van der Waals surface area contributed by atoms with Crippen LogP contribution in [-0.4, -0.2) is 9.97 Å². The van der Waals surface area contributed by atoms with Crippen molar-refractivity contribution in [1.82, 2.24) is 9.97 Å². The molecule has 0 atom stereocenters. The topological polar surface area (TPSA) is 38.9 Å². The van der Waals surface area contributed by atoms with Gasteiger partial charge < -0.3 is 4.42 Å². The molecule has 256 valence electrons. The standard InChI is InChI=1S/C52H32N2O/c1-3-13-33(14-4-1)34-25-27-35(28-26-34)49-51-50(54-52(53-49)36-15-5-2-6-16-36)48-40(23-12-24-47(48)55-51)39-18-11-17-37(31-39)38-29-30-45-43-21-8-7-19-41(43)42-20-9-10-22-44(42)46(45)32-38/h1-32H. The fourth-order valence-corrected chi connectivity index (χ4v) is 8.24. The van der Waals surface area contributed by atoms with E-state index < -0.39 is 0 Å². The highest BCUT2D eigenvalue weighted by Crippen LogP contribution is 2.42. The third-order valence-corrected chi connectivity index (χ3v) is 10.9. The molecule has 0 bridgehead atoms. The van der Waals surface area contributed by atoms with Crippen LogP contribution < -0.4 is 0 Å². The summed E-state index contributed by atoms with van der Waals surface area (Å²) in [4.78, 5) is 10.4. The van der Waals surface area contributed by atoms with Crippen molar-refractivity contribution in [2.75, 3.05) is 0 Å². The minimum absolute atomic E-state index is 0.664. The van der Waals surface area contributed by atoms with Gasteiger partial charge >= 0.3 is 0 Å². The highest BCUT2D eigenvalue weighted by atomic mass is 16.3. The molecule has 0 saturated heterocycles. The van der Waals surface area contributed by atoms with Gasteiger partial charge in [-0.1, -0.05) is 176 Å². The van der Waals surface area contributed by atoms with Crippen molar-refractivity contribution in [3.63, 3.8) is 0 Å². The molecule has 0 aliphatic carbocycles. The Kier molecular flexibility index (Phi) is 7.17. The minimum Gasteiger partial charge on any atom is -0.452 e. The highest BCUT2D eigenvalue weighted by molar-refractivity contribution is 6.25. The van der Waals surface area contributed by atoms with Gasteiger partial charge in [-0.05, 0) is 83.9 Å². The zero-order chi connectivity index (χ0) is 36.3. The van der Waals surface area contributed by atoms with E-state index in [9.17, 15) is 0 Å². The number of benzene rings is 9. The summed E-state index contributed by atoms with van der Waals surface area (Å²) in [5.41, 5.74) is 11.8. The van der Waals surface area contributed by atoms with Crippen LogP contribution in [0.1, 0.15) is 0 Å². The van der Waals surface area contributed by atoms with E-state index in [4.69, 9.17) is 14.4 Å². The molecule has 0 fully saturated rings. The fourth-order valence-electron chi connectivity index (χ4n) is 8.24. The van der Waals surface area contributed by atoms with Crippen LogP contribution in [0.5, 0.6) is 0 Å². The zero-order valence-corrected chi connectivity index (χ0v) is 29.8. The Hall–Kier alpha value is -7.36. The first-order valence-electron chi connectivity index (χ1n) is 18.7. The van der Waals surface area contributed by atoms with Crippen LogP contribution in [0.4, 0.5) is 0 Å². The maximum Gasteiger partial charge on any atom is 0.180 e. The maximum absolute atomic E-state index is 6.72. The van der Waals surface area contributed by atoms with Gasteiger partial charge in [0.15, 0.2) is 11.4 Å². The van der Waals surface area contributed by atoms with Gasteiger partial charge in [0.1, 0.15) is 16.8 Å². The van der Waals surface area contributed by atoms with Gasteiger partial charge in [-0.3, -0.25) is 0 Å². The van der Waals surface area contributed by atoms with Crippen LogP contribution in [0.25, 0.3) is 110 Å². The monoisotopic (exact) mass is 700 g/mol. The molecular weight excluding hydrogens is 669 g/mol. The number of hydrogen-bond acceptors (Lipinski definition) is 3. The van der Waals surface area contributed by atoms with Gasteiger partial charge in [0, 0.05) is 11.1 Å². The Bertz CT molecular complexity index is 3200. The van der Waals surface area contributed by atoms with Crippen molar-refractivity contribution in [1.29, 1.82) is 0 Å². The first kappa shape index (κ1) is 31.2. The smallest absolute Gasteiger partial charge is 0.180 e. The van der Waals surface area contributed by atoms with E-state index in [1.165, 1.54) is 43.4 Å². The SMILES string of the molecule is c1ccc(-c2ccc(-c3nc(-c4ccccc4)nc4c3oc3cccc(-c5cccc(-c6ccc7c8ccccc8c8ccccc8c7c6)c5)c34)cc2)cc1. The number of hydrogen-bond donors (Lipinski definition) is 0. The number of furan rings is 1. The third-order valence-electron chi connectivity index (χ3n) is 10.9. The average Bonchev–Trinajstić information content (AvgIpc) is 3.66. The summed E-state index contributed by atoms with van der Waals surface area (Å²) in [7, 11) is 0. The molecule has 11 aromatic rings. The van der Waals surface area contributed by atoms with Crippen LogP contribution in [0, 0.1) is 0 Å². The number of aromatic nitrogens is 2. The molecule has 0 radical (unpaired) electrons. The third kappa shape index (κ3) is 5.20. The first-order chi connectivity index (χ1) is 27.3. The van der Waals surface area contributed by atoms with Crippen molar-refractivity contribution in [3.8, 4) is 56.0 Å². The van der Waals surface area contributed by atoms with Crippen molar-refractivity contribution in [2.24, 2.45) is 0 Å². The number of fused-ring (bicyclic) bond motifs is 9. The lowest BCUT2D eigenvalue weighted by atomic mass is 9.91. The number of rotatable bonds is 5. The van der Waals surface area contributed by atoms with Gasteiger partial charge in [-0.2, -0.15) is 0 Å². The van der Waals surface area contributed by atoms with Gasteiger partial charge in [-0.15, -0.1) is 0 Å². The van der Waals surface area contributed by atoms with Crippen LogP contribution in [0.2, 0.25) is 0 Å². The summed E-state index contributed by atoms with van der Waals surface area (Å²) < 4.78 is 6.72. The molecule has 2 aromatic heterocycles. The predicted molar refractivity (Wildman–Crippen MR) is 229 cm³/mol. The molecule has 0 aliphatic heterocycles. The molecule has 0 N–H and O–H groups in total. The lowest BCUT2D eigenvalue weighted by molar-refractivity contribution is 0.667. The molecule has 9 aromatic carbocycles. The van der Waals surface area contributed by atoms with Crippen molar-refractivity contribution < 1.29 is 4.42 Å². The Morgan fingerprint density at radius 1 is 0.327 bits per heavy atom. The van der Waals surface area contributed by atoms with Crippen LogP contribution in [0.3, 0.4) is 0 Å². The van der Waals surface area contributed by atoms with E-state index in [0.717, 1.165) is 55.6 Å². The lowest BCUT2D eigenvalue weighted by Gasteiger charge is -2.13. The average molecular weight is 701 g/mol. The van der Waals surface area contributed by atoms with E-state index in [-0.39, 0.29) is 0 Å². The van der Waals surface area contributed by atoms with Crippen molar-refractivity contribution in [3.05, 3.63) is 194 Å². The quantitative estimate of drug-likeness (QED) is 0.168. The summed E-state index contributed by atoms with van der Waals surface area (Å²) in [5.74, 6) is 0.664. The van der Waals surface area contributed by atoms with E-state index in [0.29, 0.717) is 11.4 Å².